The molecule has 1 fully saturated rings. The molecule has 1 saturated carbocycles. The highest BCUT2D eigenvalue weighted by molar-refractivity contribution is 6.32. The van der Waals surface area contributed by atoms with Crippen molar-refractivity contribution in [1.29, 1.82) is 0 Å². The molecule has 0 spiro atoms. The van der Waals surface area contributed by atoms with Crippen LogP contribution in [-0.2, 0) is 6.54 Å². The maximum absolute atomic E-state index is 6.12. The lowest BCUT2D eigenvalue weighted by Gasteiger charge is -2.27. The number of benzene rings is 1. The van der Waals surface area contributed by atoms with Gasteiger partial charge in [-0.05, 0) is 49.3 Å². The maximum Gasteiger partial charge on any atom is 0.137 e. The summed E-state index contributed by atoms with van der Waals surface area (Å²) in [6.45, 7) is 3.24. The normalized spacial score (nSPS) is 23.9. The van der Waals surface area contributed by atoms with Crippen molar-refractivity contribution in [3.05, 3.63) is 28.8 Å². The highest BCUT2D eigenvalue weighted by Crippen LogP contribution is 2.26. The van der Waals surface area contributed by atoms with Gasteiger partial charge in [0.25, 0.3) is 0 Å². The number of nitrogens with one attached hydrogen (secondary N) is 1. The van der Waals surface area contributed by atoms with Crippen LogP contribution in [0, 0.1) is 5.92 Å². The molecule has 0 amide bonds. The van der Waals surface area contributed by atoms with Crippen molar-refractivity contribution in [2.75, 3.05) is 7.11 Å². The molecular formula is C15H22ClNO. The minimum absolute atomic E-state index is 0.669. The van der Waals surface area contributed by atoms with E-state index in [4.69, 9.17) is 16.3 Å². The molecule has 1 N–H and O–H groups in total. The first-order valence-corrected chi connectivity index (χ1v) is 7.12. The van der Waals surface area contributed by atoms with Gasteiger partial charge in [-0.3, -0.25) is 0 Å². The van der Waals surface area contributed by atoms with Crippen LogP contribution in [0.2, 0.25) is 5.02 Å². The van der Waals surface area contributed by atoms with Gasteiger partial charge < -0.3 is 10.1 Å². The van der Waals surface area contributed by atoms with Gasteiger partial charge in [-0.2, -0.15) is 0 Å². The molecule has 0 radical (unpaired) electrons. The molecule has 1 aliphatic carbocycles. The van der Waals surface area contributed by atoms with Crippen LogP contribution in [0.15, 0.2) is 18.2 Å². The Morgan fingerprint density at radius 1 is 1.28 bits per heavy atom. The first kappa shape index (κ1) is 13.7. The maximum atomic E-state index is 6.12. The predicted octanol–water partition coefficient (Wildman–Crippen LogP) is 4.02. The molecule has 3 heteroatoms. The van der Waals surface area contributed by atoms with E-state index in [1.807, 2.05) is 12.1 Å². The van der Waals surface area contributed by atoms with Crippen molar-refractivity contribution in [1.82, 2.24) is 5.32 Å². The summed E-state index contributed by atoms with van der Waals surface area (Å²) in [7, 11) is 1.64. The minimum atomic E-state index is 0.669. The Bertz CT molecular complexity index is 386. The molecule has 0 aromatic heterocycles. The van der Waals surface area contributed by atoms with Crippen LogP contribution in [0.5, 0.6) is 5.75 Å². The summed E-state index contributed by atoms with van der Waals surface area (Å²) < 4.78 is 5.15. The predicted molar refractivity (Wildman–Crippen MR) is 76.3 cm³/mol. The number of ether oxygens (including phenoxy) is 1. The summed E-state index contributed by atoms with van der Waals surface area (Å²) in [5.41, 5.74) is 1.22. The Morgan fingerprint density at radius 3 is 2.61 bits per heavy atom. The highest BCUT2D eigenvalue weighted by Gasteiger charge is 2.17. The number of halogens is 1. The molecular weight excluding hydrogens is 246 g/mol. The number of methoxy groups -OCH3 is 1. The SMILES string of the molecule is COc1ccc(CNC2CCC(C)CC2)cc1Cl. The van der Waals surface area contributed by atoms with Gasteiger partial charge in [0.15, 0.2) is 0 Å². The van der Waals surface area contributed by atoms with Crippen LogP contribution in [0.3, 0.4) is 0 Å². The van der Waals surface area contributed by atoms with Gasteiger partial charge in [-0.1, -0.05) is 24.6 Å². The van der Waals surface area contributed by atoms with E-state index >= 15 is 0 Å². The van der Waals surface area contributed by atoms with Crippen molar-refractivity contribution in [3.63, 3.8) is 0 Å². The van der Waals surface area contributed by atoms with E-state index in [0.29, 0.717) is 11.1 Å². The summed E-state index contributed by atoms with van der Waals surface area (Å²) in [5, 5.41) is 4.31. The van der Waals surface area contributed by atoms with Gasteiger partial charge in [0.1, 0.15) is 5.75 Å². The smallest absolute Gasteiger partial charge is 0.137 e. The fraction of sp³-hybridized carbons (Fsp3) is 0.600. The Morgan fingerprint density at radius 2 is 2.00 bits per heavy atom. The van der Waals surface area contributed by atoms with Crippen molar-refractivity contribution in [3.8, 4) is 5.75 Å². The van der Waals surface area contributed by atoms with Gasteiger partial charge in [-0.25, -0.2) is 0 Å². The second kappa shape index (κ2) is 6.44. The topological polar surface area (TPSA) is 21.3 Å². The molecule has 0 atom stereocenters. The lowest BCUT2D eigenvalue weighted by molar-refractivity contribution is 0.306. The average molecular weight is 268 g/mol. The van der Waals surface area contributed by atoms with E-state index in [1.54, 1.807) is 7.11 Å². The number of rotatable bonds is 4. The van der Waals surface area contributed by atoms with Crippen LogP contribution in [-0.4, -0.2) is 13.2 Å². The Hall–Kier alpha value is -0.730. The summed E-state index contributed by atoms with van der Waals surface area (Å²) in [4.78, 5) is 0. The van der Waals surface area contributed by atoms with Crippen molar-refractivity contribution in [2.45, 2.75) is 45.2 Å². The molecule has 100 valence electrons. The average Bonchev–Trinajstić information content (AvgIpc) is 2.38. The molecule has 1 aromatic rings. The van der Waals surface area contributed by atoms with E-state index in [0.717, 1.165) is 18.2 Å². The van der Waals surface area contributed by atoms with Crippen LogP contribution in [0.4, 0.5) is 0 Å². The zero-order chi connectivity index (χ0) is 13.0. The largest absolute Gasteiger partial charge is 0.495 e. The fourth-order valence-corrected chi connectivity index (χ4v) is 2.83. The van der Waals surface area contributed by atoms with Crippen LogP contribution >= 0.6 is 11.6 Å². The molecule has 0 saturated heterocycles. The molecule has 2 rings (SSSR count). The molecule has 0 aliphatic heterocycles. The van der Waals surface area contributed by atoms with Crippen LogP contribution < -0.4 is 10.1 Å². The first-order valence-electron chi connectivity index (χ1n) is 6.75. The minimum Gasteiger partial charge on any atom is -0.495 e. The van der Waals surface area contributed by atoms with Gasteiger partial charge in [0.05, 0.1) is 12.1 Å². The molecule has 1 aliphatic rings. The lowest BCUT2D eigenvalue weighted by Crippen LogP contribution is -2.32. The van der Waals surface area contributed by atoms with Crippen LogP contribution in [0.1, 0.15) is 38.2 Å². The van der Waals surface area contributed by atoms with Gasteiger partial charge >= 0.3 is 0 Å². The zero-order valence-electron chi connectivity index (χ0n) is 11.2. The van der Waals surface area contributed by atoms with Crippen LogP contribution in [0.25, 0.3) is 0 Å². The summed E-state index contributed by atoms with van der Waals surface area (Å²) in [6.07, 6.45) is 5.29. The summed E-state index contributed by atoms with van der Waals surface area (Å²) in [5.74, 6) is 1.64. The van der Waals surface area contributed by atoms with E-state index in [-0.39, 0.29) is 0 Å². The Labute approximate surface area is 115 Å². The summed E-state index contributed by atoms with van der Waals surface area (Å²) in [6, 6.07) is 6.66. The quantitative estimate of drug-likeness (QED) is 0.890. The molecule has 18 heavy (non-hydrogen) atoms. The highest BCUT2D eigenvalue weighted by atomic mass is 35.5. The van der Waals surface area contributed by atoms with E-state index < -0.39 is 0 Å². The third-order valence-corrected chi connectivity index (χ3v) is 4.12. The number of hydrogen-bond acceptors (Lipinski definition) is 2. The van der Waals surface area contributed by atoms with Crippen molar-refractivity contribution < 1.29 is 4.74 Å². The van der Waals surface area contributed by atoms with Gasteiger partial charge in [0.2, 0.25) is 0 Å². The van der Waals surface area contributed by atoms with Gasteiger partial charge in [0, 0.05) is 12.6 Å². The first-order chi connectivity index (χ1) is 8.69. The molecule has 1 aromatic carbocycles. The molecule has 0 unspecified atom stereocenters. The molecule has 2 nitrogen and oxygen atoms in total. The lowest BCUT2D eigenvalue weighted by atomic mass is 9.87. The standard InChI is InChI=1S/C15H22ClNO/c1-11-3-6-13(7-4-11)17-10-12-5-8-15(18-2)14(16)9-12/h5,8-9,11,13,17H,3-4,6-7,10H2,1-2H3. The second-order valence-corrected chi connectivity index (χ2v) is 5.71. The Kier molecular flexibility index (Phi) is 4.90. The third-order valence-electron chi connectivity index (χ3n) is 3.83. The van der Waals surface area contributed by atoms with Gasteiger partial charge in [-0.15, -0.1) is 0 Å². The van der Waals surface area contributed by atoms with E-state index in [2.05, 4.69) is 18.3 Å². The van der Waals surface area contributed by atoms with Crippen molar-refractivity contribution >= 4 is 11.6 Å². The second-order valence-electron chi connectivity index (χ2n) is 5.31. The molecule has 0 heterocycles. The summed E-state index contributed by atoms with van der Waals surface area (Å²) >= 11 is 6.12. The Balaban J connectivity index is 1.84. The third kappa shape index (κ3) is 3.63. The fourth-order valence-electron chi connectivity index (χ4n) is 2.55. The van der Waals surface area contributed by atoms with E-state index in [9.17, 15) is 0 Å². The van der Waals surface area contributed by atoms with E-state index in [1.165, 1.54) is 31.2 Å². The molecule has 0 bridgehead atoms. The monoisotopic (exact) mass is 267 g/mol. The zero-order valence-corrected chi connectivity index (χ0v) is 12.0. The number of hydrogen-bond donors (Lipinski definition) is 1. The van der Waals surface area contributed by atoms with Crippen molar-refractivity contribution in [2.24, 2.45) is 5.92 Å².